The molecule has 7 heteroatoms. The zero-order valence-corrected chi connectivity index (χ0v) is 18.7. The molecule has 0 atom stereocenters. The molecule has 0 aliphatic heterocycles. The van der Waals surface area contributed by atoms with E-state index in [1.807, 2.05) is 55.4 Å². The van der Waals surface area contributed by atoms with Gasteiger partial charge in [0.25, 0.3) is 0 Å². The van der Waals surface area contributed by atoms with Crippen molar-refractivity contribution in [2.75, 3.05) is 23.9 Å². The molecular formula is C25H24ClN3O3. The summed E-state index contributed by atoms with van der Waals surface area (Å²) in [7, 11) is 3.90. The molecule has 4 rings (SSSR count). The van der Waals surface area contributed by atoms with Gasteiger partial charge in [-0.2, -0.15) is 0 Å². The van der Waals surface area contributed by atoms with E-state index < -0.39 is 11.3 Å². The van der Waals surface area contributed by atoms with E-state index in [2.05, 4.69) is 0 Å². The second-order valence-electron chi connectivity index (χ2n) is 8.02. The van der Waals surface area contributed by atoms with E-state index in [0.29, 0.717) is 40.7 Å². The number of carbonyl (C=O) groups is 2. The van der Waals surface area contributed by atoms with Crippen LogP contribution in [0.3, 0.4) is 0 Å². The van der Waals surface area contributed by atoms with E-state index in [-0.39, 0.29) is 5.91 Å². The lowest BCUT2D eigenvalue weighted by Crippen LogP contribution is -2.41. The fourth-order valence-electron chi connectivity index (χ4n) is 3.54. The second kappa shape index (κ2) is 8.55. The molecule has 1 aliphatic carbocycles. The Hall–Kier alpha value is -3.51. The van der Waals surface area contributed by atoms with Crippen molar-refractivity contribution in [3.63, 3.8) is 0 Å². The van der Waals surface area contributed by atoms with Crippen molar-refractivity contribution >= 4 is 40.5 Å². The molecule has 164 valence electrons. The van der Waals surface area contributed by atoms with E-state index in [1.165, 1.54) is 4.90 Å². The van der Waals surface area contributed by atoms with Crippen LogP contribution in [0.25, 0.3) is 0 Å². The third-order valence-electron chi connectivity index (χ3n) is 5.59. The molecule has 0 heterocycles. The summed E-state index contributed by atoms with van der Waals surface area (Å²) >= 11 is 6.07. The van der Waals surface area contributed by atoms with Crippen molar-refractivity contribution in [2.24, 2.45) is 11.1 Å². The molecular weight excluding hydrogens is 426 g/mol. The van der Waals surface area contributed by atoms with Gasteiger partial charge in [0.15, 0.2) is 5.75 Å². The molecule has 1 fully saturated rings. The average molecular weight is 450 g/mol. The zero-order valence-electron chi connectivity index (χ0n) is 17.9. The molecule has 2 N–H and O–H groups in total. The normalized spacial score (nSPS) is 13.8. The van der Waals surface area contributed by atoms with Crippen LogP contribution < -0.4 is 20.3 Å². The van der Waals surface area contributed by atoms with Crippen LogP contribution in [-0.2, 0) is 9.59 Å². The number of primary amides is 1. The first-order valence-corrected chi connectivity index (χ1v) is 10.6. The number of nitrogens with two attached hydrogens (primary N) is 1. The summed E-state index contributed by atoms with van der Waals surface area (Å²) in [5.41, 5.74) is 6.49. The van der Waals surface area contributed by atoms with E-state index in [4.69, 9.17) is 22.1 Å². The maximum atomic E-state index is 13.6. The lowest BCUT2D eigenvalue weighted by atomic mass is 10.0. The van der Waals surface area contributed by atoms with Gasteiger partial charge in [0.1, 0.15) is 11.2 Å². The molecule has 0 spiro atoms. The number of hydrogen-bond donors (Lipinski definition) is 1. The summed E-state index contributed by atoms with van der Waals surface area (Å²) in [6, 6.07) is 21.7. The quantitative estimate of drug-likeness (QED) is 0.507. The van der Waals surface area contributed by atoms with Gasteiger partial charge in [0.2, 0.25) is 11.8 Å². The Bertz CT molecular complexity index is 1160. The molecule has 6 nitrogen and oxygen atoms in total. The number of para-hydroxylation sites is 2. The largest absolute Gasteiger partial charge is 0.455 e. The van der Waals surface area contributed by atoms with Crippen molar-refractivity contribution in [3.8, 4) is 11.5 Å². The van der Waals surface area contributed by atoms with Crippen molar-refractivity contribution in [3.05, 3.63) is 77.8 Å². The van der Waals surface area contributed by atoms with E-state index in [1.54, 1.807) is 36.4 Å². The van der Waals surface area contributed by atoms with Crippen LogP contribution in [0.4, 0.5) is 17.1 Å². The molecule has 1 aliphatic rings. The fourth-order valence-corrected chi connectivity index (χ4v) is 3.67. The summed E-state index contributed by atoms with van der Waals surface area (Å²) in [6.45, 7) is 0. The lowest BCUT2D eigenvalue weighted by molar-refractivity contribution is -0.133. The minimum atomic E-state index is -1.20. The second-order valence-corrected chi connectivity index (χ2v) is 8.46. The summed E-state index contributed by atoms with van der Waals surface area (Å²) in [6.07, 6.45) is 0.859. The van der Waals surface area contributed by atoms with Gasteiger partial charge in [-0.25, -0.2) is 0 Å². The Labute approximate surface area is 192 Å². The average Bonchev–Trinajstić information content (AvgIpc) is 3.59. The monoisotopic (exact) mass is 449 g/mol. The van der Waals surface area contributed by atoms with Gasteiger partial charge in [-0.05, 0) is 61.4 Å². The predicted octanol–water partition coefficient (Wildman–Crippen LogP) is 5.13. The van der Waals surface area contributed by atoms with Crippen LogP contribution in [0.2, 0.25) is 5.02 Å². The number of halogens is 1. The van der Waals surface area contributed by atoms with E-state index in [0.717, 1.165) is 5.69 Å². The zero-order chi connectivity index (χ0) is 22.9. The van der Waals surface area contributed by atoms with Gasteiger partial charge >= 0.3 is 0 Å². The number of benzene rings is 3. The van der Waals surface area contributed by atoms with Crippen LogP contribution in [0, 0.1) is 5.41 Å². The minimum absolute atomic E-state index is 0.370. The number of ether oxygens (including phenoxy) is 1. The highest BCUT2D eigenvalue weighted by molar-refractivity contribution is 6.30. The Morgan fingerprint density at radius 1 is 0.938 bits per heavy atom. The van der Waals surface area contributed by atoms with Crippen LogP contribution in [0.15, 0.2) is 72.8 Å². The summed E-state index contributed by atoms with van der Waals surface area (Å²) in [4.78, 5) is 29.3. The van der Waals surface area contributed by atoms with Crippen LogP contribution in [-0.4, -0.2) is 25.9 Å². The fraction of sp³-hybridized carbons (Fsp3) is 0.200. The number of nitrogens with zero attached hydrogens (tertiary/aromatic N) is 2. The third-order valence-corrected chi connectivity index (χ3v) is 5.84. The smallest absolute Gasteiger partial charge is 0.247 e. The number of anilines is 3. The van der Waals surface area contributed by atoms with Gasteiger partial charge < -0.3 is 15.4 Å². The molecule has 2 amide bonds. The molecule has 0 bridgehead atoms. The molecule has 3 aromatic carbocycles. The number of hydrogen-bond acceptors (Lipinski definition) is 4. The van der Waals surface area contributed by atoms with Gasteiger partial charge in [0.05, 0.1) is 5.69 Å². The summed E-state index contributed by atoms with van der Waals surface area (Å²) < 4.78 is 6.21. The molecule has 0 aromatic heterocycles. The number of carbonyl (C=O) groups excluding carboxylic acids is 2. The SMILES string of the molecule is CN(C)c1cccc(Oc2ccccc2N(C(=O)C2(C(N)=O)CC2)c2ccc(Cl)cc2)c1. The van der Waals surface area contributed by atoms with Gasteiger partial charge in [-0.3, -0.25) is 14.5 Å². The molecule has 1 saturated carbocycles. The highest BCUT2D eigenvalue weighted by atomic mass is 35.5. The van der Waals surface area contributed by atoms with Gasteiger partial charge in [-0.15, -0.1) is 0 Å². The molecule has 0 unspecified atom stereocenters. The Kier molecular flexibility index (Phi) is 5.80. The van der Waals surface area contributed by atoms with Crippen molar-refractivity contribution in [1.82, 2.24) is 0 Å². The predicted molar refractivity (Wildman–Crippen MR) is 127 cm³/mol. The first-order valence-electron chi connectivity index (χ1n) is 10.3. The van der Waals surface area contributed by atoms with Crippen LogP contribution in [0.1, 0.15) is 12.8 Å². The Morgan fingerprint density at radius 2 is 1.62 bits per heavy atom. The standard InChI is InChI=1S/C25H24ClN3O3/c1-28(2)19-6-5-7-20(16-19)32-22-9-4-3-8-21(22)29(18-12-10-17(26)11-13-18)24(31)25(14-15-25)23(27)30/h3-13,16H,14-15H2,1-2H3,(H2,27,30). The first kappa shape index (κ1) is 21.7. The number of amides is 2. The summed E-state index contributed by atoms with van der Waals surface area (Å²) in [5, 5.41) is 0.544. The molecule has 0 radical (unpaired) electrons. The molecule has 0 saturated heterocycles. The van der Waals surface area contributed by atoms with E-state index in [9.17, 15) is 9.59 Å². The topological polar surface area (TPSA) is 75.9 Å². The van der Waals surface area contributed by atoms with Crippen molar-refractivity contribution < 1.29 is 14.3 Å². The third kappa shape index (κ3) is 4.14. The lowest BCUT2D eigenvalue weighted by Gasteiger charge is -2.28. The highest BCUT2D eigenvalue weighted by Gasteiger charge is 2.57. The van der Waals surface area contributed by atoms with Crippen molar-refractivity contribution in [1.29, 1.82) is 0 Å². The van der Waals surface area contributed by atoms with Gasteiger partial charge in [-0.1, -0.05) is 29.8 Å². The molecule has 3 aromatic rings. The van der Waals surface area contributed by atoms with Gasteiger partial charge in [0, 0.05) is 36.6 Å². The summed E-state index contributed by atoms with van der Waals surface area (Å²) in [5.74, 6) is 0.124. The number of rotatable bonds is 7. The Morgan fingerprint density at radius 3 is 2.25 bits per heavy atom. The first-order chi connectivity index (χ1) is 15.3. The van der Waals surface area contributed by atoms with E-state index >= 15 is 0 Å². The Balaban J connectivity index is 1.79. The van der Waals surface area contributed by atoms with Crippen LogP contribution in [0.5, 0.6) is 11.5 Å². The maximum absolute atomic E-state index is 13.6. The molecule has 32 heavy (non-hydrogen) atoms. The van der Waals surface area contributed by atoms with Crippen LogP contribution >= 0.6 is 11.6 Å². The highest BCUT2D eigenvalue weighted by Crippen LogP contribution is 2.50. The minimum Gasteiger partial charge on any atom is -0.455 e. The van der Waals surface area contributed by atoms with Crippen molar-refractivity contribution in [2.45, 2.75) is 12.8 Å². The maximum Gasteiger partial charge on any atom is 0.247 e.